The molecule has 0 amide bonds. The Bertz CT molecular complexity index is 433. The van der Waals surface area contributed by atoms with Gasteiger partial charge in [-0.1, -0.05) is 44.3 Å². The van der Waals surface area contributed by atoms with Crippen LogP contribution in [-0.4, -0.2) is 22.6 Å². The van der Waals surface area contributed by atoms with Crippen molar-refractivity contribution in [1.82, 2.24) is 4.98 Å². The Balaban J connectivity index is 0. The molecule has 0 heterocycles. The number of rotatable bonds is 3. The van der Waals surface area contributed by atoms with E-state index >= 15 is 0 Å². The van der Waals surface area contributed by atoms with Crippen molar-refractivity contribution in [2.75, 3.05) is 0 Å². The van der Waals surface area contributed by atoms with Gasteiger partial charge in [0.05, 0.1) is 0 Å². The van der Waals surface area contributed by atoms with Crippen LogP contribution in [0.4, 0.5) is 0 Å². The molecule has 1 radical (unpaired) electrons. The van der Waals surface area contributed by atoms with Crippen LogP contribution in [0.3, 0.4) is 0 Å². The average molecular weight is 390 g/mol. The van der Waals surface area contributed by atoms with Gasteiger partial charge in [-0.15, -0.1) is 8.07 Å². The third kappa shape index (κ3) is 10.8. The molecule has 0 aromatic heterocycles. The maximum absolute atomic E-state index is 3.91. The van der Waals surface area contributed by atoms with Crippen LogP contribution in [0.2, 0.25) is 32.2 Å². The normalized spacial score (nSPS) is 18.9. The van der Waals surface area contributed by atoms with Crippen molar-refractivity contribution in [3.8, 4) is 0 Å². The predicted octanol–water partition coefficient (Wildman–Crippen LogP) is 5.99. The Morgan fingerprint density at radius 2 is 1.48 bits per heavy atom. The van der Waals surface area contributed by atoms with Crippen LogP contribution in [0.1, 0.15) is 48.5 Å². The van der Waals surface area contributed by atoms with Crippen molar-refractivity contribution in [2.24, 2.45) is 5.92 Å². The van der Waals surface area contributed by atoms with Gasteiger partial charge in [0.25, 0.3) is 0 Å². The largest absolute Gasteiger partial charge is 0.342 e. The van der Waals surface area contributed by atoms with E-state index in [-0.39, 0.29) is 22.9 Å². The zero-order valence-electron chi connectivity index (χ0n) is 17.4. The molecule has 4 heteroatoms. The van der Waals surface area contributed by atoms with E-state index in [0.29, 0.717) is 5.92 Å². The standard InChI is InChI=1S/C15H28NSi.C4H11Si.Cr/c1-10-11(2)13(4)14(12(10)3)9-17(8)16-15(5,6)7;1-5(2,3)4;/h12,16H,9H2,1-8H3;1H2,2-4H3;/q;-1;. The van der Waals surface area contributed by atoms with Gasteiger partial charge in [-0.25, -0.2) is 0 Å². The zero-order valence-corrected chi connectivity index (χ0v) is 20.7. The summed E-state index contributed by atoms with van der Waals surface area (Å²) in [5.41, 5.74) is 6.57. The number of nitrogens with one attached hydrogen (secondary N) is 1. The van der Waals surface area contributed by atoms with Crippen LogP contribution in [-0.2, 0) is 17.4 Å². The second kappa shape index (κ2) is 9.78. The monoisotopic (exact) mass is 389 g/mol. The molecule has 0 saturated carbocycles. The van der Waals surface area contributed by atoms with Crippen molar-refractivity contribution in [1.29, 1.82) is 0 Å². The molecule has 0 bridgehead atoms. The van der Waals surface area contributed by atoms with Crippen molar-refractivity contribution < 1.29 is 17.4 Å². The van der Waals surface area contributed by atoms with Gasteiger partial charge < -0.3 is 11.5 Å². The topological polar surface area (TPSA) is 12.0 Å². The average Bonchev–Trinajstić information content (AvgIpc) is 2.42. The first-order chi connectivity index (χ1) is 9.63. The van der Waals surface area contributed by atoms with Crippen LogP contribution < -0.4 is 4.98 Å². The third-order valence-electron chi connectivity index (χ3n) is 3.85. The molecule has 1 unspecified atom stereocenters. The van der Waals surface area contributed by atoms with Gasteiger partial charge in [-0.05, 0) is 64.7 Å². The van der Waals surface area contributed by atoms with E-state index < -0.39 is 17.0 Å². The fraction of sp³-hybridized carbons (Fsp3) is 0.737. The Kier molecular flexibility index (Phi) is 10.9. The summed E-state index contributed by atoms with van der Waals surface area (Å²) in [7, 11) is -1.34. The minimum Gasteiger partial charge on any atom is -0.342 e. The van der Waals surface area contributed by atoms with E-state index in [1.54, 1.807) is 16.7 Å². The summed E-state index contributed by atoms with van der Waals surface area (Å²) in [6.07, 6.45) is 0. The van der Waals surface area contributed by atoms with Crippen molar-refractivity contribution in [2.45, 2.75) is 86.2 Å². The number of hydrogen-bond acceptors (Lipinski definition) is 1. The van der Waals surface area contributed by atoms with E-state index in [2.05, 4.69) is 86.2 Å². The van der Waals surface area contributed by atoms with Crippen LogP contribution in [0.5, 0.6) is 0 Å². The first-order valence-electron chi connectivity index (χ1n) is 8.47. The Hall–Kier alpha value is 0.406. The van der Waals surface area contributed by atoms with E-state index in [4.69, 9.17) is 0 Å². The van der Waals surface area contributed by atoms with Gasteiger partial charge in [-0.3, -0.25) is 0 Å². The quantitative estimate of drug-likeness (QED) is 0.461. The molecule has 0 aliphatic heterocycles. The van der Waals surface area contributed by atoms with Gasteiger partial charge in [0, 0.05) is 22.9 Å². The minimum atomic E-state index is -0.861. The molecule has 23 heavy (non-hydrogen) atoms. The van der Waals surface area contributed by atoms with Crippen LogP contribution >= 0.6 is 0 Å². The molecule has 1 atom stereocenters. The number of hydrogen-bond donors (Lipinski definition) is 1. The molecule has 1 N–H and O–H groups in total. The Labute approximate surface area is 160 Å². The molecule has 1 nitrogen and oxygen atoms in total. The Morgan fingerprint density at radius 1 is 1.09 bits per heavy atom. The minimum absolute atomic E-state index is 0. The molecule has 1 aliphatic carbocycles. The maximum atomic E-state index is 3.91. The Morgan fingerprint density at radius 3 is 1.74 bits per heavy atom. The second-order valence-corrected chi connectivity index (χ2v) is 16.4. The van der Waals surface area contributed by atoms with Gasteiger partial charge in [0.1, 0.15) is 8.96 Å². The summed E-state index contributed by atoms with van der Waals surface area (Å²) in [4.78, 5) is 3.77. The fourth-order valence-corrected chi connectivity index (χ4v) is 5.21. The van der Waals surface area contributed by atoms with E-state index in [1.165, 1.54) is 11.6 Å². The molecule has 0 aromatic rings. The molecule has 1 rings (SSSR count). The summed E-state index contributed by atoms with van der Waals surface area (Å²) in [5.74, 6) is 0.664. The maximum Gasteiger partial charge on any atom is 0.135 e. The van der Waals surface area contributed by atoms with E-state index in [0.717, 1.165) is 0 Å². The van der Waals surface area contributed by atoms with Crippen molar-refractivity contribution >= 4 is 17.0 Å². The first-order valence-corrected chi connectivity index (χ1v) is 14.4. The van der Waals surface area contributed by atoms with Crippen LogP contribution in [0.25, 0.3) is 0 Å². The SMILES string of the molecule is CC1=C(C)C(C)C(C[Si](C)NC(C)(C)C)=C1C.[CH2-][Si](C)(C)C.[Cr]. The predicted molar refractivity (Wildman–Crippen MR) is 108 cm³/mol. The molecular formula is C19H39CrNSi2-. The molecule has 0 saturated heterocycles. The molecular weight excluding hydrogens is 350 g/mol. The third-order valence-corrected chi connectivity index (χ3v) is 5.94. The first kappa shape index (κ1) is 25.6. The van der Waals surface area contributed by atoms with Crippen molar-refractivity contribution in [3.63, 3.8) is 0 Å². The molecule has 135 valence electrons. The summed E-state index contributed by atoms with van der Waals surface area (Å²) < 4.78 is 0. The van der Waals surface area contributed by atoms with Crippen LogP contribution in [0, 0.1) is 12.5 Å². The molecule has 0 aromatic carbocycles. The fourth-order valence-electron chi connectivity index (χ4n) is 2.70. The zero-order chi connectivity index (χ0) is 17.9. The van der Waals surface area contributed by atoms with Gasteiger partial charge >= 0.3 is 0 Å². The molecule has 0 fully saturated rings. The number of allylic oxidation sites excluding steroid dienone is 4. The smallest absolute Gasteiger partial charge is 0.135 e. The molecule has 1 aliphatic rings. The van der Waals surface area contributed by atoms with Gasteiger partial charge in [0.15, 0.2) is 0 Å². The summed E-state index contributed by atoms with van der Waals surface area (Å²) in [5, 5.41) is 0. The summed E-state index contributed by atoms with van der Waals surface area (Å²) in [6, 6.07) is 1.27. The van der Waals surface area contributed by atoms with Gasteiger partial charge in [0.2, 0.25) is 0 Å². The van der Waals surface area contributed by atoms with Crippen LogP contribution in [0.15, 0.2) is 22.3 Å². The molecule has 0 spiro atoms. The van der Waals surface area contributed by atoms with Crippen molar-refractivity contribution in [3.05, 3.63) is 28.8 Å². The van der Waals surface area contributed by atoms with E-state index in [1.807, 2.05) is 0 Å². The van der Waals surface area contributed by atoms with E-state index in [9.17, 15) is 0 Å². The summed E-state index contributed by atoms with van der Waals surface area (Å²) in [6.45, 7) is 28.9. The summed E-state index contributed by atoms with van der Waals surface area (Å²) >= 11 is 0. The second-order valence-electron chi connectivity index (χ2n) is 9.07. The van der Waals surface area contributed by atoms with Gasteiger partial charge in [-0.2, -0.15) is 0 Å².